The van der Waals surface area contributed by atoms with Crippen molar-refractivity contribution in [2.45, 2.75) is 37.0 Å². The molecule has 2 unspecified atom stereocenters. The Morgan fingerprint density at radius 1 is 1.27 bits per heavy atom. The number of hydrogen-bond acceptors (Lipinski definition) is 9. The van der Waals surface area contributed by atoms with Gasteiger partial charge in [-0.3, -0.25) is 9.69 Å². The van der Waals surface area contributed by atoms with Crippen LogP contribution in [0.2, 0.25) is 5.02 Å². The number of benzene rings is 2. The first-order valence-electron chi connectivity index (χ1n) is 14.3. The molecule has 3 saturated heterocycles. The minimum Gasteiger partial charge on any atom is -0.461 e. The van der Waals surface area contributed by atoms with Crippen molar-refractivity contribution in [1.82, 2.24) is 24.8 Å². The predicted molar refractivity (Wildman–Crippen MR) is 165 cm³/mol. The van der Waals surface area contributed by atoms with Gasteiger partial charge in [0.15, 0.2) is 10.9 Å². The smallest absolute Gasteiger partial charge is 0.319 e. The van der Waals surface area contributed by atoms with E-state index in [-0.39, 0.29) is 61.6 Å². The Morgan fingerprint density at radius 2 is 2.07 bits per heavy atom. The van der Waals surface area contributed by atoms with E-state index in [1.165, 1.54) is 18.2 Å². The molecule has 2 aromatic carbocycles. The normalized spacial score (nSPS) is 22.0. The molecule has 0 radical (unpaired) electrons. The summed E-state index contributed by atoms with van der Waals surface area (Å²) in [6, 6.07) is 4.04. The summed E-state index contributed by atoms with van der Waals surface area (Å²) < 4.78 is 52.0. The quantitative estimate of drug-likeness (QED) is 0.274. The maximum atomic E-state index is 16.7. The van der Waals surface area contributed by atoms with E-state index in [9.17, 15) is 13.6 Å². The van der Waals surface area contributed by atoms with Crippen LogP contribution in [-0.2, 0) is 4.79 Å². The first kappa shape index (κ1) is 29.1. The third-order valence-corrected chi connectivity index (χ3v) is 10.3. The molecular formula is C30H29ClF3N7O2S. The molecule has 2 aromatic heterocycles. The Hall–Kier alpha value is -3.68. The Morgan fingerprint density at radius 3 is 2.84 bits per heavy atom. The number of carbonyl (C=O) groups is 1. The molecule has 5 heterocycles. The van der Waals surface area contributed by atoms with Crippen LogP contribution in [0, 0.1) is 11.6 Å². The monoisotopic (exact) mass is 643 g/mol. The van der Waals surface area contributed by atoms with Gasteiger partial charge in [-0.25, -0.2) is 18.2 Å². The number of rotatable bonds is 7. The number of likely N-dealkylation sites (tertiary alicyclic amines) is 1. The lowest BCUT2D eigenvalue weighted by molar-refractivity contribution is -0.130. The molecule has 0 aliphatic carbocycles. The van der Waals surface area contributed by atoms with Gasteiger partial charge >= 0.3 is 6.01 Å². The van der Waals surface area contributed by atoms with E-state index in [4.69, 9.17) is 22.1 Å². The van der Waals surface area contributed by atoms with Gasteiger partial charge < -0.3 is 20.3 Å². The van der Waals surface area contributed by atoms with Crippen molar-refractivity contribution in [1.29, 1.82) is 0 Å². The van der Waals surface area contributed by atoms with Gasteiger partial charge in [0.2, 0.25) is 5.91 Å². The van der Waals surface area contributed by atoms with Crippen molar-refractivity contribution in [2.75, 3.05) is 50.5 Å². The zero-order chi connectivity index (χ0) is 30.9. The highest BCUT2D eigenvalue weighted by Gasteiger charge is 2.49. The fraction of sp³-hybridized carbons (Fsp3) is 0.400. The lowest BCUT2D eigenvalue weighted by Crippen LogP contribution is -2.60. The number of thiazole rings is 1. The first-order chi connectivity index (χ1) is 21.1. The van der Waals surface area contributed by atoms with Crippen molar-refractivity contribution >= 4 is 60.9 Å². The molecular weight excluding hydrogens is 615 g/mol. The van der Waals surface area contributed by atoms with Crippen molar-refractivity contribution < 1.29 is 22.7 Å². The predicted octanol–water partition coefficient (Wildman–Crippen LogP) is 5.21. The number of carbonyl (C=O) groups excluding carboxylic acids is 1. The summed E-state index contributed by atoms with van der Waals surface area (Å²) in [5.41, 5.74) is 5.82. The third-order valence-electron chi connectivity index (χ3n) is 9.08. The molecule has 0 saturated carbocycles. The number of fused-ring (bicyclic) bond motifs is 3. The van der Waals surface area contributed by atoms with Crippen molar-refractivity contribution in [3.8, 4) is 17.1 Å². The van der Waals surface area contributed by atoms with Crippen LogP contribution in [0.1, 0.15) is 19.3 Å². The molecule has 14 heteroatoms. The molecule has 4 aromatic rings. The largest absolute Gasteiger partial charge is 0.461 e. The topological polar surface area (TPSA) is 101 Å². The molecule has 1 amide bonds. The molecule has 0 spiro atoms. The Labute approximate surface area is 260 Å². The molecule has 7 rings (SSSR count). The summed E-state index contributed by atoms with van der Waals surface area (Å²) in [5.74, 6) is -1.09. The lowest BCUT2D eigenvalue weighted by atomic mass is 9.95. The number of amides is 1. The van der Waals surface area contributed by atoms with E-state index in [1.54, 1.807) is 18.0 Å². The summed E-state index contributed by atoms with van der Waals surface area (Å²) in [5, 5.41) is 0.526. The van der Waals surface area contributed by atoms with E-state index < -0.39 is 23.3 Å². The van der Waals surface area contributed by atoms with Crippen LogP contribution in [0.25, 0.3) is 32.2 Å². The number of likely N-dealkylation sites (N-methyl/N-ethyl adjacent to an activating group) is 1. The summed E-state index contributed by atoms with van der Waals surface area (Å²) in [6.45, 7) is 5.70. The van der Waals surface area contributed by atoms with Crippen LogP contribution < -0.4 is 15.4 Å². The van der Waals surface area contributed by atoms with Crippen molar-refractivity contribution in [2.24, 2.45) is 0 Å². The van der Waals surface area contributed by atoms with Crippen LogP contribution in [0.5, 0.6) is 6.01 Å². The maximum absolute atomic E-state index is 16.7. The van der Waals surface area contributed by atoms with Crippen LogP contribution in [0.3, 0.4) is 0 Å². The van der Waals surface area contributed by atoms with Crippen molar-refractivity contribution in [3.05, 3.63) is 47.5 Å². The summed E-state index contributed by atoms with van der Waals surface area (Å²) in [7, 11) is 1.80. The number of nitrogens with zero attached hydrogens (tertiary/aromatic N) is 6. The maximum Gasteiger partial charge on any atom is 0.319 e. The van der Waals surface area contributed by atoms with Gasteiger partial charge in [-0.15, -0.1) is 0 Å². The number of hydrogen-bond donors (Lipinski definition) is 1. The van der Waals surface area contributed by atoms with Gasteiger partial charge in [-0.2, -0.15) is 9.97 Å². The van der Waals surface area contributed by atoms with Gasteiger partial charge in [-0.05, 0) is 43.7 Å². The van der Waals surface area contributed by atoms with Crippen LogP contribution in [-0.4, -0.2) is 88.2 Å². The van der Waals surface area contributed by atoms with E-state index in [0.29, 0.717) is 37.3 Å². The lowest BCUT2D eigenvalue weighted by Gasteiger charge is -2.44. The minimum atomic E-state index is -0.938. The number of aromatic nitrogens is 3. The third kappa shape index (κ3) is 4.63. The fourth-order valence-electron chi connectivity index (χ4n) is 6.76. The van der Waals surface area contributed by atoms with E-state index >= 15 is 4.39 Å². The highest BCUT2D eigenvalue weighted by atomic mass is 35.5. The number of nitrogens with two attached hydrogens (primary N) is 1. The second-order valence-corrected chi connectivity index (χ2v) is 13.1. The number of anilines is 2. The zero-order valence-corrected chi connectivity index (χ0v) is 25.4. The highest BCUT2D eigenvalue weighted by Crippen LogP contribution is 2.44. The Bertz CT molecular complexity index is 1830. The van der Waals surface area contributed by atoms with E-state index in [0.717, 1.165) is 30.7 Å². The van der Waals surface area contributed by atoms with Crippen LogP contribution in [0.4, 0.5) is 24.1 Å². The molecule has 3 aliphatic rings. The van der Waals surface area contributed by atoms with E-state index in [1.807, 2.05) is 4.90 Å². The molecule has 2 N–H and O–H groups in total. The number of halogens is 4. The zero-order valence-electron chi connectivity index (χ0n) is 23.8. The summed E-state index contributed by atoms with van der Waals surface area (Å²) in [4.78, 5) is 31.1. The van der Waals surface area contributed by atoms with Crippen molar-refractivity contribution in [3.63, 3.8) is 0 Å². The molecule has 2 atom stereocenters. The minimum absolute atomic E-state index is 0.00394. The molecule has 230 valence electrons. The molecule has 3 fully saturated rings. The second-order valence-electron chi connectivity index (χ2n) is 11.7. The molecule has 44 heavy (non-hydrogen) atoms. The fourth-order valence-corrected chi connectivity index (χ4v) is 7.82. The van der Waals surface area contributed by atoms with Gasteiger partial charge in [0, 0.05) is 49.6 Å². The second kappa shape index (κ2) is 10.7. The van der Waals surface area contributed by atoms with Crippen LogP contribution in [0.15, 0.2) is 30.9 Å². The number of nitrogen functional groups attached to an aromatic ring is 1. The van der Waals surface area contributed by atoms with E-state index in [2.05, 4.69) is 26.4 Å². The molecule has 3 aliphatic heterocycles. The molecule has 0 bridgehead atoms. The SMILES string of the molecule is C=CC(=O)N1CC(N(C)c2nc(OCC34CCCN3CC(F)C4)nc3c(F)c(-c4ccc(F)c5sc(N)nc45)c(Cl)cc23)C1. The average Bonchev–Trinajstić information content (AvgIpc) is 3.63. The van der Waals surface area contributed by atoms with Gasteiger partial charge in [0.05, 0.1) is 26.8 Å². The average molecular weight is 644 g/mol. The van der Waals surface area contributed by atoms with Crippen LogP contribution >= 0.6 is 22.9 Å². The number of alkyl halides is 1. The summed E-state index contributed by atoms with van der Waals surface area (Å²) >= 11 is 7.70. The summed E-state index contributed by atoms with van der Waals surface area (Å²) in [6.07, 6.45) is 2.40. The standard InChI is InChI=1S/C30H29ClF3N7O2S/c1-3-21(42)40-12-16(13-40)39(2)27-18-9-19(31)22(17-5-6-20(33)26-25(17)36-28(35)44-26)23(34)24(18)37-29(38-27)43-14-30-7-4-8-41(30)11-15(32)10-30/h3,5-6,9,15-16H,1,4,7-8,10-14H2,2H3,(H2,35,36). The Kier molecular flexibility index (Phi) is 7.09. The first-order valence-corrected chi connectivity index (χ1v) is 15.5. The van der Waals surface area contributed by atoms with Gasteiger partial charge in [-0.1, -0.05) is 29.5 Å². The molecule has 9 nitrogen and oxygen atoms in total. The van der Waals surface area contributed by atoms with Gasteiger partial charge in [0.25, 0.3) is 0 Å². The Balaban J connectivity index is 1.33. The number of ether oxygens (including phenoxy) is 1. The van der Waals surface area contributed by atoms with Gasteiger partial charge in [0.1, 0.15) is 29.9 Å². The highest BCUT2D eigenvalue weighted by molar-refractivity contribution is 7.22.